The molecule has 6 heteroatoms. The van der Waals surface area contributed by atoms with Gasteiger partial charge in [-0.2, -0.15) is 0 Å². The molecule has 0 atom stereocenters. The van der Waals surface area contributed by atoms with E-state index in [1.54, 1.807) is 23.1 Å². The molecule has 0 radical (unpaired) electrons. The maximum atomic E-state index is 13.3. The van der Waals surface area contributed by atoms with Crippen LogP contribution >= 0.6 is 0 Å². The van der Waals surface area contributed by atoms with Gasteiger partial charge in [0.05, 0.1) is 6.42 Å². The average Bonchev–Trinajstić information content (AvgIpc) is 2.64. The summed E-state index contributed by atoms with van der Waals surface area (Å²) in [5, 5.41) is 2.96. The first kappa shape index (κ1) is 18.0. The predicted octanol–water partition coefficient (Wildman–Crippen LogP) is 2.93. The standard InChI is InChI=1S/C20H20F2N2O2/c21-16-6-4-14(5-7-16)12-19(25)23-18-8-10-24(11-9-18)20(26)15-2-1-3-17(22)13-15/h1-7,13,18H,8-12H2,(H,23,25). The maximum absolute atomic E-state index is 13.3. The van der Waals surface area contributed by atoms with Gasteiger partial charge in [-0.25, -0.2) is 8.78 Å². The van der Waals surface area contributed by atoms with Gasteiger partial charge < -0.3 is 10.2 Å². The van der Waals surface area contributed by atoms with Gasteiger partial charge >= 0.3 is 0 Å². The van der Waals surface area contributed by atoms with Crippen LogP contribution in [-0.4, -0.2) is 35.8 Å². The SMILES string of the molecule is O=C(Cc1ccc(F)cc1)NC1CCN(C(=O)c2cccc(F)c2)CC1. The first-order valence-corrected chi connectivity index (χ1v) is 8.60. The highest BCUT2D eigenvalue weighted by molar-refractivity contribution is 5.94. The van der Waals surface area contributed by atoms with Gasteiger partial charge in [0.15, 0.2) is 0 Å². The van der Waals surface area contributed by atoms with Crippen molar-refractivity contribution in [2.45, 2.75) is 25.3 Å². The van der Waals surface area contributed by atoms with Gasteiger partial charge in [0.25, 0.3) is 5.91 Å². The van der Waals surface area contributed by atoms with E-state index in [1.165, 1.54) is 30.3 Å². The van der Waals surface area contributed by atoms with Crippen molar-refractivity contribution in [3.63, 3.8) is 0 Å². The summed E-state index contributed by atoms with van der Waals surface area (Å²) >= 11 is 0. The lowest BCUT2D eigenvalue weighted by atomic mass is 10.0. The summed E-state index contributed by atoms with van der Waals surface area (Å²) < 4.78 is 26.2. The zero-order chi connectivity index (χ0) is 18.5. The van der Waals surface area contributed by atoms with E-state index in [-0.39, 0.29) is 30.1 Å². The van der Waals surface area contributed by atoms with Crippen LogP contribution in [0.4, 0.5) is 8.78 Å². The molecule has 1 aliphatic heterocycles. The molecule has 1 N–H and O–H groups in total. The second-order valence-corrected chi connectivity index (χ2v) is 6.45. The summed E-state index contributed by atoms with van der Waals surface area (Å²) in [4.78, 5) is 26.2. The zero-order valence-electron chi connectivity index (χ0n) is 14.3. The van der Waals surface area contributed by atoms with Crippen molar-refractivity contribution < 1.29 is 18.4 Å². The van der Waals surface area contributed by atoms with Crippen molar-refractivity contribution in [1.82, 2.24) is 10.2 Å². The Morgan fingerprint density at radius 3 is 2.35 bits per heavy atom. The lowest BCUT2D eigenvalue weighted by Gasteiger charge is -2.32. The number of carbonyl (C=O) groups is 2. The van der Waals surface area contributed by atoms with Gasteiger partial charge in [0.1, 0.15) is 11.6 Å². The molecule has 1 fully saturated rings. The molecule has 0 saturated carbocycles. The Balaban J connectivity index is 1.48. The summed E-state index contributed by atoms with van der Waals surface area (Å²) in [6.45, 7) is 1.02. The molecular formula is C20H20F2N2O2. The molecule has 0 bridgehead atoms. The Morgan fingerprint density at radius 1 is 1.00 bits per heavy atom. The Hall–Kier alpha value is -2.76. The van der Waals surface area contributed by atoms with Gasteiger partial charge in [0, 0.05) is 24.7 Å². The summed E-state index contributed by atoms with van der Waals surface area (Å²) in [5.41, 5.74) is 1.09. The number of nitrogens with one attached hydrogen (secondary N) is 1. The topological polar surface area (TPSA) is 49.4 Å². The summed E-state index contributed by atoms with van der Waals surface area (Å²) in [6.07, 6.45) is 1.50. The fraction of sp³-hybridized carbons (Fsp3) is 0.300. The van der Waals surface area contributed by atoms with Crippen molar-refractivity contribution in [3.8, 4) is 0 Å². The van der Waals surface area contributed by atoms with E-state index in [0.29, 0.717) is 31.5 Å². The van der Waals surface area contributed by atoms with Crippen LogP contribution in [0, 0.1) is 11.6 Å². The summed E-state index contributed by atoms with van der Waals surface area (Å²) in [5.74, 6) is -1.07. The second-order valence-electron chi connectivity index (χ2n) is 6.45. The molecule has 0 unspecified atom stereocenters. The van der Waals surface area contributed by atoms with E-state index in [1.807, 2.05) is 0 Å². The molecule has 0 aromatic heterocycles. The molecule has 2 aromatic carbocycles. The van der Waals surface area contributed by atoms with E-state index >= 15 is 0 Å². The Bertz CT molecular complexity index is 785. The summed E-state index contributed by atoms with van der Waals surface area (Å²) in [6, 6.07) is 11.5. The molecule has 1 heterocycles. The van der Waals surface area contributed by atoms with Crippen LogP contribution in [0.3, 0.4) is 0 Å². The van der Waals surface area contributed by atoms with Crippen LogP contribution in [0.1, 0.15) is 28.8 Å². The molecule has 1 saturated heterocycles. The molecule has 2 amide bonds. The van der Waals surface area contributed by atoms with Gasteiger partial charge in [0.2, 0.25) is 5.91 Å². The highest BCUT2D eigenvalue weighted by atomic mass is 19.1. The molecule has 4 nitrogen and oxygen atoms in total. The number of benzene rings is 2. The third-order valence-electron chi connectivity index (χ3n) is 4.50. The van der Waals surface area contributed by atoms with Gasteiger partial charge in [-0.3, -0.25) is 9.59 Å². The molecule has 1 aliphatic rings. The van der Waals surface area contributed by atoms with Crippen LogP contribution in [0.5, 0.6) is 0 Å². The molecular weight excluding hydrogens is 338 g/mol. The molecule has 0 spiro atoms. The van der Waals surface area contributed by atoms with Crippen LogP contribution in [-0.2, 0) is 11.2 Å². The smallest absolute Gasteiger partial charge is 0.253 e. The van der Waals surface area contributed by atoms with Crippen molar-refractivity contribution in [1.29, 1.82) is 0 Å². The number of piperidine rings is 1. The number of nitrogens with zero attached hydrogens (tertiary/aromatic N) is 1. The average molecular weight is 358 g/mol. The first-order chi connectivity index (χ1) is 12.5. The fourth-order valence-electron chi connectivity index (χ4n) is 3.10. The molecule has 0 aliphatic carbocycles. The van der Waals surface area contributed by atoms with E-state index in [0.717, 1.165) is 5.56 Å². The van der Waals surface area contributed by atoms with Gasteiger partial charge in [-0.1, -0.05) is 18.2 Å². The highest BCUT2D eigenvalue weighted by Crippen LogP contribution is 2.15. The van der Waals surface area contributed by atoms with E-state index in [2.05, 4.69) is 5.32 Å². The first-order valence-electron chi connectivity index (χ1n) is 8.60. The number of likely N-dealkylation sites (tertiary alicyclic amines) is 1. The Labute approximate surface area is 150 Å². The summed E-state index contributed by atoms with van der Waals surface area (Å²) in [7, 11) is 0. The second kappa shape index (κ2) is 8.08. The molecule has 2 aromatic rings. The Morgan fingerprint density at radius 2 is 1.69 bits per heavy atom. The van der Waals surface area contributed by atoms with E-state index in [4.69, 9.17) is 0 Å². The van der Waals surface area contributed by atoms with Crippen LogP contribution in [0.15, 0.2) is 48.5 Å². The van der Waals surface area contributed by atoms with Crippen molar-refractivity contribution >= 4 is 11.8 Å². The van der Waals surface area contributed by atoms with Crippen molar-refractivity contribution in [2.24, 2.45) is 0 Å². The zero-order valence-corrected chi connectivity index (χ0v) is 14.3. The van der Waals surface area contributed by atoms with Gasteiger partial charge in [-0.15, -0.1) is 0 Å². The molecule has 26 heavy (non-hydrogen) atoms. The normalized spacial score (nSPS) is 14.9. The number of rotatable bonds is 4. The lowest BCUT2D eigenvalue weighted by Crippen LogP contribution is -2.46. The minimum Gasteiger partial charge on any atom is -0.353 e. The third-order valence-corrected chi connectivity index (χ3v) is 4.50. The number of halogens is 2. The van der Waals surface area contributed by atoms with Gasteiger partial charge in [-0.05, 0) is 48.7 Å². The van der Waals surface area contributed by atoms with Crippen LogP contribution in [0.2, 0.25) is 0 Å². The fourth-order valence-corrected chi connectivity index (χ4v) is 3.10. The number of amides is 2. The van der Waals surface area contributed by atoms with E-state index < -0.39 is 5.82 Å². The molecule has 136 valence electrons. The quantitative estimate of drug-likeness (QED) is 0.914. The predicted molar refractivity (Wildman–Crippen MR) is 93.6 cm³/mol. The largest absolute Gasteiger partial charge is 0.353 e. The Kier molecular flexibility index (Phi) is 5.61. The minimum atomic E-state index is -0.432. The third kappa shape index (κ3) is 4.65. The number of hydrogen-bond donors (Lipinski definition) is 1. The molecule has 3 rings (SSSR count). The highest BCUT2D eigenvalue weighted by Gasteiger charge is 2.24. The number of hydrogen-bond acceptors (Lipinski definition) is 2. The van der Waals surface area contributed by atoms with Crippen molar-refractivity contribution in [3.05, 3.63) is 71.3 Å². The number of carbonyl (C=O) groups excluding carboxylic acids is 2. The van der Waals surface area contributed by atoms with Crippen molar-refractivity contribution in [2.75, 3.05) is 13.1 Å². The van der Waals surface area contributed by atoms with Crippen LogP contribution in [0.25, 0.3) is 0 Å². The maximum Gasteiger partial charge on any atom is 0.253 e. The minimum absolute atomic E-state index is 0.000456. The monoisotopic (exact) mass is 358 g/mol. The van der Waals surface area contributed by atoms with E-state index in [9.17, 15) is 18.4 Å². The lowest BCUT2D eigenvalue weighted by molar-refractivity contribution is -0.121. The van der Waals surface area contributed by atoms with Crippen LogP contribution < -0.4 is 5.32 Å².